The van der Waals surface area contributed by atoms with Gasteiger partial charge < -0.3 is 10.5 Å². The van der Waals surface area contributed by atoms with Gasteiger partial charge in [0.15, 0.2) is 0 Å². The van der Waals surface area contributed by atoms with E-state index in [1.54, 1.807) is 7.11 Å². The zero-order chi connectivity index (χ0) is 13.2. The van der Waals surface area contributed by atoms with Crippen molar-refractivity contribution < 1.29 is 4.74 Å². The van der Waals surface area contributed by atoms with Crippen LogP contribution >= 0.6 is 0 Å². The lowest BCUT2D eigenvalue weighted by Gasteiger charge is -2.13. The first kappa shape index (κ1) is 15.0. The van der Waals surface area contributed by atoms with Crippen molar-refractivity contribution in [1.29, 1.82) is 0 Å². The van der Waals surface area contributed by atoms with Gasteiger partial charge in [0.1, 0.15) is 5.75 Å². The first-order valence-electron chi connectivity index (χ1n) is 7.17. The first-order chi connectivity index (χ1) is 8.77. The Labute approximate surface area is 112 Å². The molecule has 0 bridgehead atoms. The lowest BCUT2D eigenvalue weighted by Crippen LogP contribution is -2.10. The van der Waals surface area contributed by atoms with E-state index in [4.69, 9.17) is 10.5 Å². The molecule has 0 saturated carbocycles. The summed E-state index contributed by atoms with van der Waals surface area (Å²) in [6, 6.07) is 8.24. The van der Waals surface area contributed by atoms with Gasteiger partial charge in [0.2, 0.25) is 0 Å². The Morgan fingerprint density at radius 3 is 2.56 bits per heavy atom. The van der Waals surface area contributed by atoms with Crippen LogP contribution in [0.15, 0.2) is 24.3 Å². The van der Waals surface area contributed by atoms with Crippen molar-refractivity contribution in [3.63, 3.8) is 0 Å². The van der Waals surface area contributed by atoms with Crippen molar-refractivity contribution in [3.8, 4) is 5.75 Å². The third kappa shape index (κ3) is 5.54. The van der Waals surface area contributed by atoms with E-state index in [0.717, 1.165) is 12.2 Å². The lowest BCUT2D eigenvalue weighted by molar-refractivity contribution is 0.413. The fourth-order valence-corrected chi connectivity index (χ4v) is 2.18. The average molecular weight is 249 g/mol. The van der Waals surface area contributed by atoms with Gasteiger partial charge in [-0.3, -0.25) is 0 Å². The molecule has 1 aromatic rings. The first-order valence-corrected chi connectivity index (χ1v) is 7.17. The fraction of sp³-hybridized carbons (Fsp3) is 0.625. The molecule has 0 aliphatic rings. The van der Waals surface area contributed by atoms with E-state index in [0.29, 0.717) is 0 Å². The van der Waals surface area contributed by atoms with Crippen molar-refractivity contribution in [2.24, 2.45) is 5.73 Å². The van der Waals surface area contributed by atoms with Crippen LogP contribution in [0.5, 0.6) is 5.75 Å². The van der Waals surface area contributed by atoms with Gasteiger partial charge in [0.25, 0.3) is 0 Å². The summed E-state index contributed by atoms with van der Waals surface area (Å²) in [7, 11) is 1.69. The highest BCUT2D eigenvalue weighted by atomic mass is 16.5. The van der Waals surface area contributed by atoms with Gasteiger partial charge in [-0.2, -0.15) is 0 Å². The average Bonchev–Trinajstić information content (AvgIpc) is 2.42. The molecule has 0 heterocycles. The van der Waals surface area contributed by atoms with Crippen LogP contribution in [0.1, 0.15) is 63.5 Å². The van der Waals surface area contributed by atoms with Crippen LogP contribution in [-0.2, 0) is 0 Å². The van der Waals surface area contributed by atoms with Crippen LogP contribution in [0.3, 0.4) is 0 Å². The molecule has 1 rings (SSSR count). The highest BCUT2D eigenvalue weighted by Gasteiger charge is 2.06. The molecule has 1 aromatic carbocycles. The minimum absolute atomic E-state index is 0.145. The largest absolute Gasteiger partial charge is 0.497 e. The molecule has 0 aliphatic heterocycles. The van der Waals surface area contributed by atoms with Gasteiger partial charge in [0, 0.05) is 6.04 Å². The van der Waals surface area contributed by atoms with Crippen LogP contribution in [0.4, 0.5) is 0 Å². The van der Waals surface area contributed by atoms with E-state index < -0.39 is 0 Å². The van der Waals surface area contributed by atoms with E-state index in [2.05, 4.69) is 13.0 Å². The number of hydrogen-bond donors (Lipinski definition) is 1. The van der Waals surface area contributed by atoms with Gasteiger partial charge in [-0.25, -0.2) is 0 Å². The predicted molar refractivity (Wildman–Crippen MR) is 77.9 cm³/mol. The van der Waals surface area contributed by atoms with Crippen LogP contribution in [0.25, 0.3) is 0 Å². The molecule has 0 saturated heterocycles. The molecular formula is C16H27NO. The summed E-state index contributed by atoms with van der Waals surface area (Å²) in [6.07, 6.45) is 8.98. The Morgan fingerprint density at radius 2 is 1.83 bits per heavy atom. The third-order valence-corrected chi connectivity index (χ3v) is 3.39. The van der Waals surface area contributed by atoms with Gasteiger partial charge in [0.05, 0.1) is 7.11 Å². The van der Waals surface area contributed by atoms with Gasteiger partial charge in [-0.1, -0.05) is 57.6 Å². The quantitative estimate of drug-likeness (QED) is 0.656. The second-order valence-corrected chi connectivity index (χ2v) is 4.94. The summed E-state index contributed by atoms with van der Waals surface area (Å²) < 4.78 is 5.22. The zero-order valence-electron chi connectivity index (χ0n) is 11.8. The summed E-state index contributed by atoms with van der Waals surface area (Å²) in [5.74, 6) is 0.894. The summed E-state index contributed by atoms with van der Waals surface area (Å²) in [5.41, 5.74) is 7.39. The SMILES string of the molecule is CCCCCCCCC(N)c1cccc(OC)c1. The molecule has 102 valence electrons. The smallest absolute Gasteiger partial charge is 0.119 e. The maximum Gasteiger partial charge on any atom is 0.119 e. The van der Waals surface area contributed by atoms with Crippen molar-refractivity contribution in [2.75, 3.05) is 7.11 Å². The van der Waals surface area contributed by atoms with Gasteiger partial charge >= 0.3 is 0 Å². The normalized spacial score (nSPS) is 12.4. The maximum atomic E-state index is 6.20. The van der Waals surface area contributed by atoms with E-state index in [9.17, 15) is 0 Å². The zero-order valence-corrected chi connectivity index (χ0v) is 11.8. The van der Waals surface area contributed by atoms with Crippen LogP contribution in [0, 0.1) is 0 Å². The summed E-state index contributed by atoms with van der Waals surface area (Å²) in [5, 5.41) is 0. The van der Waals surface area contributed by atoms with Crippen molar-refractivity contribution in [2.45, 2.75) is 57.9 Å². The second kappa shape index (κ2) is 8.98. The number of methoxy groups -OCH3 is 1. The lowest BCUT2D eigenvalue weighted by atomic mass is 10.0. The number of hydrogen-bond acceptors (Lipinski definition) is 2. The van der Waals surface area contributed by atoms with Crippen molar-refractivity contribution in [3.05, 3.63) is 29.8 Å². The molecule has 2 N–H and O–H groups in total. The molecule has 1 atom stereocenters. The molecule has 2 nitrogen and oxygen atoms in total. The molecule has 0 aromatic heterocycles. The van der Waals surface area contributed by atoms with E-state index in [1.165, 1.54) is 44.1 Å². The van der Waals surface area contributed by atoms with E-state index >= 15 is 0 Å². The van der Waals surface area contributed by atoms with Gasteiger partial charge in [-0.05, 0) is 24.1 Å². The number of rotatable bonds is 9. The number of ether oxygens (including phenoxy) is 1. The highest BCUT2D eigenvalue weighted by molar-refractivity contribution is 5.30. The monoisotopic (exact) mass is 249 g/mol. The van der Waals surface area contributed by atoms with E-state index in [1.807, 2.05) is 18.2 Å². The van der Waals surface area contributed by atoms with Crippen LogP contribution in [-0.4, -0.2) is 7.11 Å². The molecule has 0 aliphatic carbocycles. The Kier molecular flexibility index (Phi) is 7.51. The summed E-state index contributed by atoms with van der Waals surface area (Å²) in [6.45, 7) is 2.25. The molecule has 0 radical (unpaired) electrons. The van der Waals surface area contributed by atoms with Crippen LogP contribution in [0.2, 0.25) is 0 Å². The number of nitrogens with two attached hydrogens (primary N) is 1. The summed E-state index contributed by atoms with van der Waals surface area (Å²) >= 11 is 0. The molecule has 0 spiro atoms. The number of unbranched alkanes of at least 4 members (excludes halogenated alkanes) is 5. The highest BCUT2D eigenvalue weighted by Crippen LogP contribution is 2.21. The Morgan fingerprint density at radius 1 is 1.11 bits per heavy atom. The summed E-state index contributed by atoms with van der Waals surface area (Å²) in [4.78, 5) is 0. The van der Waals surface area contributed by atoms with Crippen molar-refractivity contribution in [1.82, 2.24) is 0 Å². The van der Waals surface area contributed by atoms with Crippen molar-refractivity contribution >= 4 is 0 Å². The minimum Gasteiger partial charge on any atom is -0.497 e. The molecule has 1 unspecified atom stereocenters. The topological polar surface area (TPSA) is 35.2 Å². The third-order valence-electron chi connectivity index (χ3n) is 3.39. The second-order valence-electron chi connectivity index (χ2n) is 4.94. The Bertz CT molecular complexity index is 325. The standard InChI is InChI=1S/C16H27NO/c1-3-4-5-6-7-8-12-16(17)14-10-9-11-15(13-14)18-2/h9-11,13,16H,3-8,12,17H2,1-2H3. The molecular weight excluding hydrogens is 222 g/mol. The predicted octanol–water partition coefficient (Wildman–Crippen LogP) is 4.45. The fourth-order valence-electron chi connectivity index (χ4n) is 2.18. The van der Waals surface area contributed by atoms with E-state index in [-0.39, 0.29) is 6.04 Å². The molecule has 2 heteroatoms. The molecule has 0 fully saturated rings. The minimum atomic E-state index is 0.145. The number of benzene rings is 1. The maximum absolute atomic E-state index is 6.20. The molecule has 18 heavy (non-hydrogen) atoms. The molecule has 0 amide bonds. The van der Waals surface area contributed by atoms with Gasteiger partial charge in [-0.15, -0.1) is 0 Å². The Hall–Kier alpha value is -1.02. The van der Waals surface area contributed by atoms with Crippen LogP contribution < -0.4 is 10.5 Å². The Balaban J connectivity index is 2.25.